The highest BCUT2D eigenvalue weighted by Gasteiger charge is 2.47. The molecule has 66 heavy (non-hydrogen) atoms. The Hall–Kier alpha value is -8.52. The molecular weight excluding hydrogens is 865 g/mol. The van der Waals surface area contributed by atoms with Gasteiger partial charge in [-0.25, -0.2) is 0 Å². The van der Waals surface area contributed by atoms with Crippen molar-refractivity contribution in [3.63, 3.8) is 0 Å². The molecule has 0 aliphatic heterocycles. The smallest absolute Gasteiger partial charge is 0.250 e. The number of nitrogens with zero attached hydrogens (tertiary/aromatic N) is 6. The first kappa shape index (κ1) is 55.5. The van der Waals surface area contributed by atoms with Crippen molar-refractivity contribution in [1.29, 1.82) is 0 Å². The quantitative estimate of drug-likeness (QED) is 0.0806. The summed E-state index contributed by atoms with van der Waals surface area (Å²) in [5.74, 6) is -2.65. The lowest BCUT2D eigenvalue weighted by molar-refractivity contribution is -0.223. The number of hydrogen-bond donors (Lipinski definition) is 12. The van der Waals surface area contributed by atoms with Gasteiger partial charge in [0.2, 0.25) is 35.4 Å². The Morgan fingerprint density at radius 1 is 0.288 bits per heavy atom. The molecule has 0 saturated heterocycles. The van der Waals surface area contributed by atoms with Crippen LogP contribution in [0.4, 0.5) is 0 Å². The van der Waals surface area contributed by atoms with Crippen LogP contribution in [0.15, 0.2) is 147 Å². The Morgan fingerprint density at radius 2 is 0.409 bits per heavy atom. The van der Waals surface area contributed by atoms with Crippen molar-refractivity contribution >= 4 is 35.4 Å². The van der Waals surface area contributed by atoms with Crippen molar-refractivity contribution in [2.75, 3.05) is 0 Å². The molecule has 0 bridgehead atoms. The number of rotatable bonds is 6. The van der Waals surface area contributed by atoms with Crippen LogP contribution in [0.25, 0.3) is 0 Å². The minimum absolute atomic E-state index is 0.442. The summed E-state index contributed by atoms with van der Waals surface area (Å²) in [7, 11) is 0. The maximum atomic E-state index is 10.4. The topological polar surface area (TPSA) is 457 Å². The zero-order chi connectivity index (χ0) is 49.6. The van der Waals surface area contributed by atoms with Gasteiger partial charge in [0.05, 0.1) is 33.4 Å². The Balaban J connectivity index is 0.000000386. The molecule has 348 valence electrons. The predicted octanol–water partition coefficient (Wildman–Crippen LogP) is -2.75. The van der Waals surface area contributed by atoms with Crippen LogP contribution in [-0.2, 0) is 0 Å². The summed E-state index contributed by atoms with van der Waals surface area (Å²) in [6.07, 6.45) is 8.29. The summed E-state index contributed by atoms with van der Waals surface area (Å²) in [5.41, 5.74) is 32.3. The summed E-state index contributed by atoms with van der Waals surface area (Å²) in [4.78, 5) is 84.5. The van der Waals surface area contributed by atoms with E-state index in [1.54, 1.807) is 110 Å². The van der Waals surface area contributed by atoms with Crippen molar-refractivity contribution in [3.05, 3.63) is 181 Å². The molecule has 24 heteroatoms. The second-order valence-electron chi connectivity index (χ2n) is 12.6. The fraction of sp³-hybridized carbons (Fsp3) is 0.143. The Labute approximate surface area is 375 Å². The van der Waals surface area contributed by atoms with E-state index < -0.39 is 72.1 Å². The second-order valence-corrected chi connectivity index (χ2v) is 12.6. The second kappa shape index (κ2) is 30.5. The zero-order valence-electron chi connectivity index (χ0n) is 34.6. The molecule has 1 aliphatic carbocycles. The Morgan fingerprint density at radius 3 is 0.470 bits per heavy atom. The fourth-order valence-electron chi connectivity index (χ4n) is 4.26. The van der Waals surface area contributed by atoms with Crippen LogP contribution < -0.4 is 34.4 Å². The molecule has 0 aromatic carbocycles. The predicted molar refractivity (Wildman–Crippen MR) is 233 cm³/mol. The number of hydrogen-bond acceptors (Lipinski definition) is 18. The van der Waals surface area contributed by atoms with Gasteiger partial charge in [-0.2, -0.15) is 0 Å². The molecule has 6 amide bonds. The number of nitrogens with two attached hydrogens (primary N) is 6. The van der Waals surface area contributed by atoms with Crippen molar-refractivity contribution in [2.45, 2.75) is 36.6 Å². The summed E-state index contributed by atoms with van der Waals surface area (Å²) < 4.78 is 0. The first-order chi connectivity index (χ1) is 31.3. The van der Waals surface area contributed by atoms with Crippen LogP contribution in [0.5, 0.6) is 0 Å². The number of carbonyl (C=O) groups is 6. The molecule has 0 radical (unpaired) electrons. The van der Waals surface area contributed by atoms with E-state index in [1.165, 1.54) is 37.2 Å². The molecule has 24 nitrogen and oxygen atoms in total. The number of aromatic nitrogens is 6. The summed E-state index contributed by atoms with van der Waals surface area (Å²) in [6.45, 7) is 0. The van der Waals surface area contributed by atoms with Crippen molar-refractivity contribution < 1.29 is 59.4 Å². The van der Waals surface area contributed by atoms with E-state index in [1.807, 2.05) is 0 Å². The van der Waals surface area contributed by atoms with E-state index in [0.29, 0.717) is 33.4 Å². The van der Waals surface area contributed by atoms with Gasteiger partial charge in [-0.3, -0.25) is 58.7 Å². The van der Waals surface area contributed by atoms with E-state index in [9.17, 15) is 28.8 Å². The van der Waals surface area contributed by atoms with Crippen molar-refractivity contribution in [3.8, 4) is 0 Å². The molecule has 1 aliphatic rings. The molecule has 6 aromatic rings. The van der Waals surface area contributed by atoms with Crippen LogP contribution in [0, 0.1) is 0 Å². The average molecular weight is 913 g/mol. The third kappa shape index (κ3) is 21.5. The van der Waals surface area contributed by atoms with Crippen LogP contribution in [0.2, 0.25) is 0 Å². The van der Waals surface area contributed by atoms with E-state index in [2.05, 4.69) is 29.9 Å². The van der Waals surface area contributed by atoms with Crippen LogP contribution in [0.1, 0.15) is 62.1 Å². The summed E-state index contributed by atoms with van der Waals surface area (Å²) >= 11 is 0. The van der Waals surface area contributed by atoms with Gasteiger partial charge in [0, 0.05) is 74.4 Å². The van der Waals surface area contributed by atoms with Gasteiger partial charge in [0.15, 0.2) is 0 Å². The van der Waals surface area contributed by atoms with E-state index >= 15 is 0 Å². The highest BCUT2D eigenvalue weighted by molar-refractivity contribution is 5.94. The minimum atomic E-state index is -1.64. The van der Waals surface area contributed by atoms with Gasteiger partial charge in [0.1, 0.15) is 36.6 Å². The normalized spacial score (nSPS) is 17.4. The Bertz CT molecular complexity index is 1910. The lowest BCUT2D eigenvalue weighted by Gasteiger charge is -2.39. The lowest BCUT2D eigenvalue weighted by atomic mass is 9.85. The van der Waals surface area contributed by atoms with Gasteiger partial charge in [0.25, 0.3) is 0 Å². The lowest BCUT2D eigenvalue weighted by Crippen LogP contribution is -2.63. The van der Waals surface area contributed by atoms with Gasteiger partial charge < -0.3 is 65.0 Å². The van der Waals surface area contributed by atoms with Crippen LogP contribution in [0.3, 0.4) is 0 Å². The monoisotopic (exact) mass is 912 g/mol. The van der Waals surface area contributed by atoms with E-state index in [0.717, 1.165) is 0 Å². The maximum absolute atomic E-state index is 10.4. The molecule has 0 unspecified atom stereocenters. The number of primary amides is 6. The third-order valence-electron chi connectivity index (χ3n) is 7.78. The number of carbonyl (C=O) groups excluding carboxylic acids is 6. The molecule has 0 atom stereocenters. The molecular formula is C42H48N12O12. The zero-order valence-corrected chi connectivity index (χ0v) is 34.6. The summed E-state index contributed by atoms with van der Waals surface area (Å²) in [5, 5.41) is 53.8. The number of aliphatic hydroxyl groups excluding tert-OH is 6. The molecule has 0 spiro atoms. The SMILES string of the molecule is NC(=O)c1cccnc1.NC(=O)c1cccnc1.NC(=O)c1cccnc1.NC(=O)c1cccnc1.NC(=O)c1cccnc1.NC(=O)c1cccnc1.O[C@H]1[C@H](O)[C@@H](O)[C@H](O)[C@@H](O)[C@H]1O. The van der Waals surface area contributed by atoms with E-state index in [-0.39, 0.29) is 0 Å². The maximum Gasteiger partial charge on any atom is 0.250 e. The molecule has 6 aromatic heterocycles. The number of aliphatic hydroxyl groups is 6. The first-order valence-electron chi connectivity index (χ1n) is 18.6. The van der Waals surface area contributed by atoms with Gasteiger partial charge in [-0.05, 0) is 72.8 Å². The van der Waals surface area contributed by atoms with Crippen molar-refractivity contribution in [2.24, 2.45) is 34.4 Å². The molecule has 1 saturated carbocycles. The Kier molecular flexibility index (Phi) is 25.7. The number of pyridine rings is 6. The standard InChI is InChI=1S/6C6H6N2O.C6H12O6/c6*7-6(9)5-2-1-3-8-4-5;7-1-2(8)4(10)6(12)5(11)3(1)9/h6*1-4H,(H2,7,9);1-12H/t;;;;;;1-,2-,3-,4+,5-,6-. The third-order valence-corrected chi connectivity index (χ3v) is 7.78. The highest BCUT2D eigenvalue weighted by atomic mass is 16.4. The van der Waals surface area contributed by atoms with E-state index in [4.69, 9.17) is 65.0 Å². The molecule has 6 heterocycles. The van der Waals surface area contributed by atoms with Crippen molar-refractivity contribution in [1.82, 2.24) is 29.9 Å². The highest BCUT2D eigenvalue weighted by Crippen LogP contribution is 2.21. The first-order valence-corrected chi connectivity index (χ1v) is 18.6. The minimum Gasteiger partial charge on any atom is -0.387 e. The molecule has 18 N–H and O–H groups in total. The van der Waals surface area contributed by atoms with Gasteiger partial charge >= 0.3 is 0 Å². The van der Waals surface area contributed by atoms with Crippen LogP contribution in [-0.4, -0.2) is 133 Å². The average Bonchev–Trinajstić information content (AvgIpc) is 3.35. The fourth-order valence-corrected chi connectivity index (χ4v) is 4.26. The molecule has 1 fully saturated rings. The van der Waals surface area contributed by atoms with Crippen LogP contribution >= 0.6 is 0 Å². The van der Waals surface area contributed by atoms with Gasteiger partial charge in [-0.1, -0.05) is 0 Å². The largest absolute Gasteiger partial charge is 0.387 e. The number of amides is 6. The molecule has 7 rings (SSSR count). The van der Waals surface area contributed by atoms with Gasteiger partial charge in [-0.15, -0.1) is 0 Å². The summed E-state index contributed by atoms with van der Waals surface area (Å²) in [6, 6.07) is 19.7.